The predicted octanol–water partition coefficient (Wildman–Crippen LogP) is 1.75. The van der Waals surface area contributed by atoms with Crippen molar-refractivity contribution in [1.29, 1.82) is 5.26 Å². The third kappa shape index (κ3) is 4.17. The topological polar surface area (TPSA) is 93.5 Å². The van der Waals surface area contributed by atoms with E-state index in [1.165, 1.54) is 28.6 Å². The molecule has 0 aromatic heterocycles. The van der Waals surface area contributed by atoms with Crippen molar-refractivity contribution in [3.8, 4) is 6.07 Å². The van der Waals surface area contributed by atoms with E-state index in [0.29, 0.717) is 43.0 Å². The molecule has 1 aliphatic rings. The van der Waals surface area contributed by atoms with Crippen LogP contribution in [0.2, 0.25) is 0 Å². The molecule has 8 heteroatoms. The van der Waals surface area contributed by atoms with Crippen LogP contribution in [0.25, 0.3) is 0 Å². The number of amides is 1. The van der Waals surface area contributed by atoms with E-state index < -0.39 is 15.9 Å². The van der Waals surface area contributed by atoms with E-state index >= 15 is 0 Å². The maximum atomic E-state index is 12.7. The van der Waals surface area contributed by atoms with E-state index in [-0.39, 0.29) is 4.90 Å². The van der Waals surface area contributed by atoms with Gasteiger partial charge in [-0.05, 0) is 43.4 Å². The van der Waals surface area contributed by atoms with E-state index in [2.05, 4.69) is 10.2 Å². The first-order chi connectivity index (χ1) is 12.9. The first-order valence-corrected chi connectivity index (χ1v) is 9.95. The average molecular weight is 384 g/mol. The first kappa shape index (κ1) is 19.0. The van der Waals surface area contributed by atoms with Crippen LogP contribution >= 0.6 is 0 Å². The zero-order chi connectivity index (χ0) is 19.4. The first-order valence-electron chi connectivity index (χ1n) is 8.51. The molecule has 1 aliphatic heterocycles. The summed E-state index contributed by atoms with van der Waals surface area (Å²) >= 11 is 0. The zero-order valence-electron chi connectivity index (χ0n) is 14.9. The van der Waals surface area contributed by atoms with Crippen molar-refractivity contribution in [1.82, 2.24) is 9.21 Å². The Morgan fingerprint density at radius 2 is 1.67 bits per heavy atom. The standard InChI is InChI=1S/C19H20N4O3S/c1-22-10-12-23(13-11-22)27(25,26)17-8-6-15(7-9-17)19(24)21-18-5-3-2-4-16(18)14-20/h2-9H,10-13H2,1H3,(H,21,24). The minimum absolute atomic E-state index is 0.168. The second kappa shape index (κ2) is 7.88. The molecule has 27 heavy (non-hydrogen) atoms. The number of nitrogens with one attached hydrogen (secondary N) is 1. The number of sulfonamides is 1. The summed E-state index contributed by atoms with van der Waals surface area (Å²) in [6, 6.07) is 14.6. The normalized spacial score (nSPS) is 15.9. The van der Waals surface area contributed by atoms with Gasteiger partial charge in [0.2, 0.25) is 10.0 Å². The SMILES string of the molecule is CN1CCN(S(=O)(=O)c2ccc(C(=O)Nc3ccccc3C#N)cc2)CC1. The molecule has 0 spiro atoms. The zero-order valence-corrected chi connectivity index (χ0v) is 15.7. The minimum atomic E-state index is -3.57. The summed E-state index contributed by atoms with van der Waals surface area (Å²) in [6.07, 6.45) is 0. The van der Waals surface area contributed by atoms with Crippen molar-refractivity contribution in [3.63, 3.8) is 0 Å². The van der Waals surface area contributed by atoms with Crippen LogP contribution in [0.1, 0.15) is 15.9 Å². The van der Waals surface area contributed by atoms with Gasteiger partial charge in [0.25, 0.3) is 5.91 Å². The van der Waals surface area contributed by atoms with Crippen molar-refractivity contribution >= 4 is 21.6 Å². The molecule has 2 aromatic rings. The van der Waals surface area contributed by atoms with Gasteiger partial charge < -0.3 is 10.2 Å². The quantitative estimate of drug-likeness (QED) is 0.867. The number of piperazine rings is 1. The van der Waals surface area contributed by atoms with Crippen LogP contribution in [0.15, 0.2) is 53.4 Å². The van der Waals surface area contributed by atoms with Crippen LogP contribution in [0.5, 0.6) is 0 Å². The Labute approximate surface area is 158 Å². The Bertz CT molecular complexity index is 973. The fourth-order valence-electron chi connectivity index (χ4n) is 2.84. The lowest BCUT2D eigenvalue weighted by Crippen LogP contribution is -2.47. The van der Waals surface area contributed by atoms with Gasteiger partial charge in [0, 0.05) is 31.7 Å². The van der Waals surface area contributed by atoms with Crippen LogP contribution < -0.4 is 5.32 Å². The molecule has 0 aliphatic carbocycles. The highest BCUT2D eigenvalue weighted by molar-refractivity contribution is 7.89. The van der Waals surface area contributed by atoms with Crippen LogP contribution in [-0.4, -0.2) is 56.8 Å². The summed E-state index contributed by atoms with van der Waals surface area (Å²) in [5.41, 5.74) is 1.10. The Balaban J connectivity index is 1.75. The summed E-state index contributed by atoms with van der Waals surface area (Å²) < 4.78 is 26.9. The number of hydrogen-bond donors (Lipinski definition) is 1. The van der Waals surface area contributed by atoms with Crippen molar-refractivity contribution in [2.24, 2.45) is 0 Å². The molecule has 3 rings (SSSR count). The lowest BCUT2D eigenvalue weighted by molar-refractivity contribution is 0.102. The van der Waals surface area contributed by atoms with E-state index in [1.807, 2.05) is 13.1 Å². The van der Waals surface area contributed by atoms with Gasteiger partial charge in [-0.3, -0.25) is 4.79 Å². The van der Waals surface area contributed by atoms with Crippen molar-refractivity contribution in [3.05, 3.63) is 59.7 Å². The largest absolute Gasteiger partial charge is 0.321 e. The second-order valence-electron chi connectivity index (χ2n) is 6.34. The number of hydrogen-bond acceptors (Lipinski definition) is 5. The van der Waals surface area contributed by atoms with Crippen LogP contribution in [-0.2, 0) is 10.0 Å². The highest BCUT2D eigenvalue weighted by atomic mass is 32.2. The Hall–Kier alpha value is -2.73. The van der Waals surface area contributed by atoms with Gasteiger partial charge in [0.1, 0.15) is 6.07 Å². The summed E-state index contributed by atoms with van der Waals surface area (Å²) in [7, 11) is -1.61. The summed E-state index contributed by atoms with van der Waals surface area (Å²) in [4.78, 5) is 14.6. The smallest absolute Gasteiger partial charge is 0.255 e. The van der Waals surface area contributed by atoms with Crippen molar-refractivity contribution in [2.75, 3.05) is 38.5 Å². The van der Waals surface area contributed by atoms with Crippen molar-refractivity contribution < 1.29 is 13.2 Å². The van der Waals surface area contributed by atoms with Gasteiger partial charge in [-0.1, -0.05) is 12.1 Å². The number of carbonyl (C=O) groups excluding carboxylic acids is 1. The van der Waals surface area contributed by atoms with Gasteiger partial charge in [-0.15, -0.1) is 0 Å². The van der Waals surface area contributed by atoms with Gasteiger partial charge in [-0.2, -0.15) is 9.57 Å². The van der Waals surface area contributed by atoms with Crippen LogP contribution in [0.4, 0.5) is 5.69 Å². The van der Waals surface area contributed by atoms with Gasteiger partial charge in [-0.25, -0.2) is 8.42 Å². The van der Waals surface area contributed by atoms with E-state index in [9.17, 15) is 13.2 Å². The lowest BCUT2D eigenvalue weighted by atomic mass is 10.1. The molecule has 0 radical (unpaired) electrons. The van der Waals surface area contributed by atoms with Gasteiger partial charge in [0.05, 0.1) is 16.1 Å². The Kier molecular flexibility index (Phi) is 5.56. The number of rotatable bonds is 4. The molecule has 1 saturated heterocycles. The fraction of sp³-hybridized carbons (Fsp3) is 0.263. The Morgan fingerprint density at radius 1 is 1.04 bits per heavy atom. The Morgan fingerprint density at radius 3 is 2.30 bits per heavy atom. The number of benzene rings is 2. The molecule has 140 valence electrons. The molecule has 7 nitrogen and oxygen atoms in total. The minimum Gasteiger partial charge on any atom is -0.321 e. The molecule has 0 atom stereocenters. The summed E-state index contributed by atoms with van der Waals surface area (Å²) in [5.74, 6) is -0.402. The number of para-hydroxylation sites is 1. The monoisotopic (exact) mass is 384 g/mol. The average Bonchev–Trinajstić information content (AvgIpc) is 2.69. The van der Waals surface area contributed by atoms with Gasteiger partial charge in [0.15, 0.2) is 0 Å². The van der Waals surface area contributed by atoms with Crippen LogP contribution in [0.3, 0.4) is 0 Å². The highest BCUT2D eigenvalue weighted by Gasteiger charge is 2.27. The van der Waals surface area contributed by atoms with E-state index in [0.717, 1.165) is 0 Å². The van der Waals surface area contributed by atoms with Crippen molar-refractivity contribution in [2.45, 2.75) is 4.90 Å². The second-order valence-corrected chi connectivity index (χ2v) is 8.28. The highest BCUT2D eigenvalue weighted by Crippen LogP contribution is 2.19. The number of likely N-dealkylation sites (N-methyl/N-ethyl adjacent to an activating group) is 1. The molecule has 0 unspecified atom stereocenters. The maximum Gasteiger partial charge on any atom is 0.255 e. The number of nitriles is 1. The number of anilines is 1. The molecular formula is C19H20N4O3S. The molecule has 2 aromatic carbocycles. The number of nitrogens with zero attached hydrogens (tertiary/aromatic N) is 3. The lowest BCUT2D eigenvalue weighted by Gasteiger charge is -2.31. The van der Waals surface area contributed by atoms with E-state index in [1.54, 1.807) is 24.3 Å². The third-order valence-corrected chi connectivity index (χ3v) is 6.43. The molecule has 1 fully saturated rings. The van der Waals surface area contributed by atoms with E-state index in [4.69, 9.17) is 5.26 Å². The third-order valence-electron chi connectivity index (χ3n) is 4.51. The van der Waals surface area contributed by atoms with Crippen LogP contribution in [0, 0.1) is 11.3 Å². The summed E-state index contributed by atoms with van der Waals surface area (Å²) in [6.45, 7) is 2.29. The number of carbonyl (C=O) groups is 1. The molecule has 0 bridgehead atoms. The maximum absolute atomic E-state index is 12.7. The molecule has 1 amide bonds. The molecule has 0 saturated carbocycles. The molecule has 1 heterocycles. The molecule has 1 N–H and O–H groups in total. The van der Waals surface area contributed by atoms with Gasteiger partial charge >= 0.3 is 0 Å². The fourth-order valence-corrected chi connectivity index (χ4v) is 4.26. The summed E-state index contributed by atoms with van der Waals surface area (Å²) in [5, 5.41) is 11.8. The predicted molar refractivity (Wildman–Crippen MR) is 102 cm³/mol. The molecular weight excluding hydrogens is 364 g/mol.